The fraction of sp³-hybridized carbons (Fsp3) is 0.733. The summed E-state index contributed by atoms with van der Waals surface area (Å²) in [6, 6.07) is 0. The molecule has 0 N–H and O–H groups in total. The summed E-state index contributed by atoms with van der Waals surface area (Å²) in [5, 5.41) is 4.49. The average molecular weight is 550 g/mol. The number of oxime groups is 1. The van der Waals surface area contributed by atoms with Crippen LogP contribution in [-0.4, -0.2) is 41.0 Å². The fourth-order valence-electron chi connectivity index (χ4n) is 4.18. The van der Waals surface area contributed by atoms with Crippen LogP contribution in [0.5, 0.6) is 0 Å². The molecule has 0 bridgehead atoms. The molecule has 0 amide bonds. The first kappa shape index (κ1) is 33.6. The van der Waals surface area contributed by atoms with E-state index in [0.29, 0.717) is 13.0 Å². The average Bonchev–Trinajstić information content (AvgIpc) is 3.16. The van der Waals surface area contributed by atoms with E-state index < -0.39 is 16.6 Å². The van der Waals surface area contributed by atoms with Crippen LogP contribution in [0.25, 0.3) is 0 Å². The predicted octanol–water partition coefficient (Wildman–Crippen LogP) is 8.81. The minimum absolute atomic E-state index is 0.0644. The Labute approximate surface area is 230 Å². The fourth-order valence-corrected chi connectivity index (χ4v) is 6.07. The van der Waals surface area contributed by atoms with Gasteiger partial charge in [-0.05, 0) is 77.5 Å². The molecule has 37 heavy (non-hydrogen) atoms. The van der Waals surface area contributed by atoms with E-state index in [-0.39, 0.29) is 23.9 Å². The van der Waals surface area contributed by atoms with Crippen LogP contribution in [0.4, 0.5) is 0 Å². The van der Waals surface area contributed by atoms with Gasteiger partial charge in [0.05, 0.1) is 11.8 Å². The minimum Gasteiger partial charge on any atom is -0.520 e. The number of rotatable bonds is 19. The summed E-state index contributed by atoms with van der Waals surface area (Å²) in [5.41, 5.74) is 1.02. The second-order valence-electron chi connectivity index (χ2n) is 12.1. The summed E-state index contributed by atoms with van der Waals surface area (Å²) in [6.07, 6.45) is 23.6. The lowest BCUT2D eigenvalue weighted by Crippen LogP contribution is -2.31. The third-order valence-electron chi connectivity index (χ3n) is 5.97. The maximum atomic E-state index is 12.0. The number of nitrogens with zero attached hydrogens (tertiary/aromatic N) is 1. The Morgan fingerprint density at radius 1 is 1.00 bits per heavy atom. The maximum absolute atomic E-state index is 12.0. The van der Waals surface area contributed by atoms with E-state index in [4.69, 9.17) is 13.7 Å². The molecular formula is C30H55NO4Si2. The van der Waals surface area contributed by atoms with Gasteiger partial charge in [-0.25, -0.2) is 0 Å². The molecular weight excluding hydrogens is 495 g/mol. The standard InChI is InChI=1S/C30H55NO4Si2/c1-9-11-15-18-27(34-36(3,4)5)23-21-26-22-24-29(31-33-25-12-10-2)28(26)19-16-13-14-17-20-30(32)35-37(6,7)8/h13,16,21-24,26-28H,9-12,14-15,17-20,25H2,1-8H3/b16-13-,23-21+,31-29+/t26-,27-,28+/m0/s1. The van der Waals surface area contributed by atoms with Crippen LogP contribution in [0.2, 0.25) is 39.3 Å². The highest BCUT2D eigenvalue weighted by atomic mass is 28.4. The van der Waals surface area contributed by atoms with Crippen molar-refractivity contribution in [1.82, 2.24) is 0 Å². The normalized spacial score (nSPS) is 20.4. The molecule has 212 valence electrons. The van der Waals surface area contributed by atoms with E-state index in [2.05, 4.69) is 75.1 Å². The molecule has 7 heteroatoms. The largest absolute Gasteiger partial charge is 0.520 e. The quantitative estimate of drug-likeness (QED) is 0.0699. The van der Waals surface area contributed by atoms with Crippen molar-refractivity contribution in [3.8, 4) is 0 Å². The lowest BCUT2D eigenvalue weighted by atomic mass is 9.90. The van der Waals surface area contributed by atoms with Crippen molar-refractivity contribution >= 4 is 28.3 Å². The van der Waals surface area contributed by atoms with Gasteiger partial charge in [0.15, 0.2) is 8.32 Å². The monoisotopic (exact) mass is 549 g/mol. The van der Waals surface area contributed by atoms with E-state index in [1.807, 2.05) is 19.6 Å². The Morgan fingerprint density at radius 3 is 2.38 bits per heavy atom. The summed E-state index contributed by atoms with van der Waals surface area (Å²) in [6.45, 7) is 18.0. The van der Waals surface area contributed by atoms with Crippen molar-refractivity contribution in [3.05, 3.63) is 36.5 Å². The van der Waals surface area contributed by atoms with Gasteiger partial charge in [0, 0.05) is 18.3 Å². The van der Waals surface area contributed by atoms with Gasteiger partial charge in [-0.3, -0.25) is 4.79 Å². The van der Waals surface area contributed by atoms with Crippen molar-refractivity contribution in [2.24, 2.45) is 17.0 Å². The first-order chi connectivity index (χ1) is 17.4. The van der Waals surface area contributed by atoms with Crippen molar-refractivity contribution in [1.29, 1.82) is 0 Å². The number of hydrogen-bond donors (Lipinski definition) is 0. The van der Waals surface area contributed by atoms with Gasteiger partial charge >= 0.3 is 0 Å². The molecule has 3 atom stereocenters. The van der Waals surface area contributed by atoms with Crippen LogP contribution in [0.1, 0.15) is 78.1 Å². The maximum Gasteiger partial charge on any atom is 0.292 e. The van der Waals surface area contributed by atoms with Crippen LogP contribution in [0.15, 0.2) is 41.6 Å². The number of carbonyl (C=O) groups is 1. The summed E-state index contributed by atoms with van der Waals surface area (Å²) in [4.78, 5) is 17.6. The molecule has 0 aromatic heterocycles. The first-order valence-electron chi connectivity index (χ1n) is 14.6. The molecule has 0 aromatic rings. The Balaban J connectivity index is 2.79. The van der Waals surface area contributed by atoms with Crippen molar-refractivity contribution in [2.75, 3.05) is 6.61 Å². The highest BCUT2D eigenvalue weighted by Crippen LogP contribution is 2.29. The molecule has 0 radical (unpaired) electrons. The van der Waals surface area contributed by atoms with Crippen molar-refractivity contribution in [2.45, 2.75) is 123 Å². The molecule has 5 nitrogen and oxygen atoms in total. The summed E-state index contributed by atoms with van der Waals surface area (Å²) in [7, 11) is -3.42. The van der Waals surface area contributed by atoms with Gasteiger partial charge in [0.1, 0.15) is 6.61 Å². The molecule has 1 rings (SSSR count). The smallest absolute Gasteiger partial charge is 0.292 e. The molecule has 1 aliphatic carbocycles. The molecule has 0 saturated heterocycles. The summed E-state index contributed by atoms with van der Waals surface area (Å²) < 4.78 is 12.0. The van der Waals surface area contributed by atoms with E-state index in [9.17, 15) is 4.79 Å². The zero-order chi connectivity index (χ0) is 27.7. The van der Waals surface area contributed by atoms with E-state index in [1.165, 1.54) is 19.3 Å². The van der Waals surface area contributed by atoms with Gasteiger partial charge < -0.3 is 13.7 Å². The van der Waals surface area contributed by atoms with E-state index in [0.717, 1.165) is 44.2 Å². The van der Waals surface area contributed by atoms with Crippen LogP contribution in [0.3, 0.4) is 0 Å². The Bertz CT molecular complexity index is 763. The molecule has 0 aromatic carbocycles. The third-order valence-corrected chi connectivity index (χ3v) is 7.82. The third kappa shape index (κ3) is 16.9. The lowest BCUT2D eigenvalue weighted by molar-refractivity contribution is -0.135. The zero-order valence-corrected chi connectivity index (χ0v) is 27.1. The number of hydrogen-bond acceptors (Lipinski definition) is 5. The van der Waals surface area contributed by atoms with Crippen LogP contribution in [-0.2, 0) is 18.5 Å². The number of unbranched alkanes of at least 4 members (excludes halogenated alkanes) is 4. The predicted molar refractivity (Wildman–Crippen MR) is 163 cm³/mol. The lowest BCUT2D eigenvalue weighted by Gasteiger charge is -2.25. The molecule has 0 heterocycles. The summed E-state index contributed by atoms with van der Waals surface area (Å²) >= 11 is 0. The first-order valence-corrected chi connectivity index (χ1v) is 21.4. The van der Waals surface area contributed by atoms with Crippen LogP contribution < -0.4 is 0 Å². The van der Waals surface area contributed by atoms with Gasteiger partial charge in [-0.2, -0.15) is 0 Å². The van der Waals surface area contributed by atoms with E-state index >= 15 is 0 Å². The highest BCUT2D eigenvalue weighted by molar-refractivity contribution is 6.71. The molecule has 0 spiro atoms. The Morgan fingerprint density at radius 2 is 1.73 bits per heavy atom. The molecule has 0 saturated carbocycles. The highest BCUT2D eigenvalue weighted by Gasteiger charge is 2.27. The van der Waals surface area contributed by atoms with Gasteiger partial charge in [-0.15, -0.1) is 0 Å². The number of allylic oxidation sites excluding steroid dienone is 5. The van der Waals surface area contributed by atoms with E-state index in [1.54, 1.807) is 0 Å². The second-order valence-corrected chi connectivity index (χ2v) is 21.0. The molecule has 0 unspecified atom stereocenters. The minimum atomic E-state index is -1.80. The van der Waals surface area contributed by atoms with Gasteiger partial charge in [0.2, 0.25) is 8.32 Å². The van der Waals surface area contributed by atoms with Gasteiger partial charge in [-0.1, -0.05) is 75.1 Å². The topological polar surface area (TPSA) is 57.1 Å². The molecule has 0 fully saturated rings. The Hall–Kier alpha value is -1.45. The zero-order valence-electron chi connectivity index (χ0n) is 25.1. The van der Waals surface area contributed by atoms with Crippen LogP contribution in [0, 0.1) is 11.8 Å². The Kier molecular flexibility index (Phi) is 16.3. The van der Waals surface area contributed by atoms with Crippen molar-refractivity contribution in [3.63, 3.8) is 0 Å². The van der Waals surface area contributed by atoms with Gasteiger partial charge in [0.25, 0.3) is 5.97 Å². The number of carbonyl (C=O) groups excluding carboxylic acids is 1. The van der Waals surface area contributed by atoms with Crippen molar-refractivity contribution < 1.29 is 18.5 Å². The molecule has 1 aliphatic rings. The molecule has 0 aliphatic heterocycles. The van der Waals surface area contributed by atoms with Crippen LogP contribution >= 0.6 is 0 Å². The summed E-state index contributed by atoms with van der Waals surface area (Å²) in [5.74, 6) is 0.475. The second kappa shape index (κ2) is 18.0. The SMILES string of the molecule is CCCCC[C@@H](/C=C/[C@H]1C=C/C(=N\OCCCC)[C@@H]1C/C=C\CCCC(=O)O[Si](C)(C)C)O[Si](C)(C)C.